The van der Waals surface area contributed by atoms with Gasteiger partial charge in [-0.3, -0.25) is 4.79 Å². The average molecular weight is 249 g/mol. The van der Waals surface area contributed by atoms with Gasteiger partial charge < -0.3 is 10.6 Å². The first-order valence-corrected chi connectivity index (χ1v) is 6.29. The van der Waals surface area contributed by atoms with Gasteiger partial charge in [-0.25, -0.2) is 4.98 Å². The van der Waals surface area contributed by atoms with Crippen LogP contribution in [-0.4, -0.2) is 24.5 Å². The highest BCUT2D eigenvalue weighted by molar-refractivity contribution is 5.94. The molecule has 0 saturated carbocycles. The third-order valence-corrected chi connectivity index (χ3v) is 3.55. The fourth-order valence-corrected chi connectivity index (χ4v) is 1.32. The first-order valence-electron chi connectivity index (χ1n) is 6.29. The summed E-state index contributed by atoms with van der Waals surface area (Å²) >= 11 is 0. The summed E-state index contributed by atoms with van der Waals surface area (Å²) in [5.74, 6) is 1.16. The molecule has 0 fully saturated rings. The summed E-state index contributed by atoms with van der Waals surface area (Å²) in [6.07, 6.45) is 1.63. The Balaban J connectivity index is 2.66. The molecule has 18 heavy (non-hydrogen) atoms. The predicted octanol–water partition coefficient (Wildman–Crippen LogP) is 2.54. The van der Waals surface area contributed by atoms with Crippen molar-refractivity contribution in [3.05, 3.63) is 23.9 Å². The number of aromatic nitrogens is 1. The molecule has 1 aromatic heterocycles. The standard InChI is InChI=1S/C14H23N3O/c1-10(2)14(3,4)9-17-13(18)11-6-7-16-12(8-11)15-5/h6-8,10H,9H2,1-5H3,(H,15,16)(H,17,18). The van der Waals surface area contributed by atoms with Gasteiger partial charge >= 0.3 is 0 Å². The van der Waals surface area contributed by atoms with Crippen LogP contribution in [0.4, 0.5) is 5.82 Å². The molecule has 0 saturated heterocycles. The molecule has 0 bridgehead atoms. The van der Waals surface area contributed by atoms with E-state index in [2.05, 4.69) is 43.3 Å². The highest BCUT2D eigenvalue weighted by Crippen LogP contribution is 2.24. The summed E-state index contributed by atoms with van der Waals surface area (Å²) in [4.78, 5) is 16.1. The number of nitrogens with zero attached hydrogens (tertiary/aromatic N) is 1. The number of hydrogen-bond donors (Lipinski definition) is 2. The van der Waals surface area contributed by atoms with Crippen molar-refractivity contribution < 1.29 is 4.79 Å². The summed E-state index contributed by atoms with van der Waals surface area (Å²) in [6.45, 7) is 9.31. The van der Waals surface area contributed by atoms with Crippen LogP contribution in [0.2, 0.25) is 0 Å². The quantitative estimate of drug-likeness (QED) is 0.843. The molecule has 0 aliphatic heterocycles. The Morgan fingerprint density at radius 3 is 2.67 bits per heavy atom. The number of anilines is 1. The first kappa shape index (κ1) is 14.5. The Morgan fingerprint density at radius 2 is 2.11 bits per heavy atom. The summed E-state index contributed by atoms with van der Waals surface area (Å²) in [7, 11) is 1.78. The van der Waals surface area contributed by atoms with E-state index in [0.29, 0.717) is 23.8 Å². The smallest absolute Gasteiger partial charge is 0.251 e. The summed E-state index contributed by atoms with van der Waals surface area (Å²) in [6, 6.07) is 3.47. The number of amides is 1. The van der Waals surface area contributed by atoms with E-state index >= 15 is 0 Å². The maximum atomic E-state index is 12.0. The van der Waals surface area contributed by atoms with Gasteiger partial charge in [-0.15, -0.1) is 0 Å². The van der Waals surface area contributed by atoms with Gasteiger partial charge in [0.2, 0.25) is 0 Å². The monoisotopic (exact) mass is 249 g/mol. The zero-order valence-corrected chi connectivity index (χ0v) is 11.9. The molecule has 0 unspecified atom stereocenters. The number of nitrogens with one attached hydrogen (secondary N) is 2. The van der Waals surface area contributed by atoms with E-state index in [1.54, 1.807) is 25.4 Å². The Labute approximate surface area is 109 Å². The molecule has 4 nitrogen and oxygen atoms in total. The first-order chi connectivity index (χ1) is 8.36. The van der Waals surface area contributed by atoms with Crippen LogP contribution in [0.1, 0.15) is 38.1 Å². The number of carbonyl (C=O) groups is 1. The van der Waals surface area contributed by atoms with E-state index < -0.39 is 0 Å². The Morgan fingerprint density at radius 1 is 1.44 bits per heavy atom. The van der Waals surface area contributed by atoms with Gasteiger partial charge in [-0.05, 0) is 23.5 Å². The normalized spacial score (nSPS) is 11.4. The van der Waals surface area contributed by atoms with Gasteiger partial charge in [0.1, 0.15) is 5.82 Å². The topological polar surface area (TPSA) is 54.0 Å². The van der Waals surface area contributed by atoms with E-state index in [9.17, 15) is 4.79 Å². The van der Waals surface area contributed by atoms with E-state index in [1.807, 2.05) is 0 Å². The van der Waals surface area contributed by atoms with Crippen molar-refractivity contribution in [2.45, 2.75) is 27.7 Å². The summed E-state index contributed by atoms with van der Waals surface area (Å²) < 4.78 is 0. The number of carbonyl (C=O) groups excluding carboxylic acids is 1. The molecule has 0 atom stereocenters. The van der Waals surface area contributed by atoms with Crippen LogP contribution >= 0.6 is 0 Å². The number of hydrogen-bond acceptors (Lipinski definition) is 3. The molecule has 0 aromatic carbocycles. The van der Waals surface area contributed by atoms with Gasteiger partial charge in [0.05, 0.1) is 0 Å². The summed E-state index contributed by atoms with van der Waals surface area (Å²) in [5, 5.41) is 5.90. The lowest BCUT2D eigenvalue weighted by atomic mass is 9.81. The average Bonchev–Trinajstić information content (AvgIpc) is 2.36. The third kappa shape index (κ3) is 3.72. The SMILES string of the molecule is CNc1cc(C(=O)NCC(C)(C)C(C)C)ccn1. The van der Waals surface area contributed by atoms with E-state index in [-0.39, 0.29) is 11.3 Å². The van der Waals surface area contributed by atoms with Crippen molar-refractivity contribution in [3.8, 4) is 0 Å². The van der Waals surface area contributed by atoms with Crippen molar-refractivity contribution >= 4 is 11.7 Å². The predicted molar refractivity (Wildman–Crippen MR) is 74.7 cm³/mol. The van der Waals surface area contributed by atoms with Gasteiger partial charge in [0.25, 0.3) is 5.91 Å². The minimum Gasteiger partial charge on any atom is -0.373 e. The second-order valence-electron chi connectivity index (χ2n) is 5.51. The van der Waals surface area contributed by atoms with Gasteiger partial charge in [-0.2, -0.15) is 0 Å². The molecule has 1 amide bonds. The van der Waals surface area contributed by atoms with Crippen LogP contribution in [0.25, 0.3) is 0 Å². The second-order valence-corrected chi connectivity index (χ2v) is 5.51. The zero-order chi connectivity index (χ0) is 13.8. The lowest BCUT2D eigenvalue weighted by Gasteiger charge is -2.29. The van der Waals surface area contributed by atoms with Crippen LogP contribution in [-0.2, 0) is 0 Å². The van der Waals surface area contributed by atoms with Crippen molar-refractivity contribution in [2.75, 3.05) is 18.9 Å². The molecular weight excluding hydrogens is 226 g/mol. The molecule has 1 heterocycles. The lowest BCUT2D eigenvalue weighted by Crippen LogP contribution is -2.37. The van der Waals surface area contributed by atoms with Gasteiger partial charge in [-0.1, -0.05) is 27.7 Å². The largest absolute Gasteiger partial charge is 0.373 e. The van der Waals surface area contributed by atoms with E-state index in [0.717, 1.165) is 0 Å². The molecule has 1 rings (SSSR count). The molecule has 100 valence electrons. The van der Waals surface area contributed by atoms with Crippen LogP contribution in [0.5, 0.6) is 0 Å². The van der Waals surface area contributed by atoms with Gasteiger partial charge in [0.15, 0.2) is 0 Å². The fourth-order valence-electron chi connectivity index (χ4n) is 1.32. The zero-order valence-electron chi connectivity index (χ0n) is 11.9. The van der Waals surface area contributed by atoms with Crippen LogP contribution in [0.3, 0.4) is 0 Å². The van der Waals surface area contributed by atoms with E-state index in [4.69, 9.17) is 0 Å². The molecule has 4 heteroatoms. The maximum absolute atomic E-state index is 12.0. The Hall–Kier alpha value is -1.58. The van der Waals surface area contributed by atoms with E-state index in [1.165, 1.54) is 0 Å². The molecule has 0 aliphatic carbocycles. The van der Waals surface area contributed by atoms with Crippen molar-refractivity contribution in [1.82, 2.24) is 10.3 Å². The molecule has 2 N–H and O–H groups in total. The van der Waals surface area contributed by atoms with Crippen molar-refractivity contribution in [1.29, 1.82) is 0 Å². The molecule has 1 aromatic rings. The second kappa shape index (κ2) is 5.85. The highest BCUT2D eigenvalue weighted by Gasteiger charge is 2.23. The number of pyridine rings is 1. The van der Waals surface area contributed by atoms with Crippen molar-refractivity contribution in [2.24, 2.45) is 11.3 Å². The molecule has 0 aliphatic rings. The van der Waals surface area contributed by atoms with Crippen LogP contribution in [0.15, 0.2) is 18.3 Å². The van der Waals surface area contributed by atoms with Crippen LogP contribution < -0.4 is 10.6 Å². The van der Waals surface area contributed by atoms with Gasteiger partial charge in [0, 0.05) is 25.4 Å². The third-order valence-electron chi connectivity index (χ3n) is 3.55. The number of rotatable bonds is 5. The molecule has 0 radical (unpaired) electrons. The Kier molecular flexibility index (Phi) is 4.70. The maximum Gasteiger partial charge on any atom is 0.251 e. The van der Waals surface area contributed by atoms with Crippen LogP contribution in [0, 0.1) is 11.3 Å². The Bertz CT molecular complexity index is 413. The van der Waals surface area contributed by atoms with Crippen molar-refractivity contribution in [3.63, 3.8) is 0 Å². The minimum absolute atomic E-state index is 0.0531. The minimum atomic E-state index is -0.0531. The highest BCUT2D eigenvalue weighted by atomic mass is 16.1. The molecular formula is C14H23N3O. The fraction of sp³-hybridized carbons (Fsp3) is 0.571. The summed E-state index contributed by atoms with van der Waals surface area (Å²) in [5.41, 5.74) is 0.725. The lowest BCUT2D eigenvalue weighted by molar-refractivity contribution is 0.0924. The molecule has 0 spiro atoms.